The highest BCUT2D eigenvalue weighted by Crippen LogP contribution is 2.29. The van der Waals surface area contributed by atoms with Crippen LogP contribution in [0.15, 0.2) is 46.7 Å². The van der Waals surface area contributed by atoms with Gasteiger partial charge in [0.15, 0.2) is 0 Å². The molecule has 0 saturated carbocycles. The van der Waals surface area contributed by atoms with Crippen LogP contribution < -0.4 is 0 Å². The molecular formula is C13H10N2S2. The van der Waals surface area contributed by atoms with Crippen molar-refractivity contribution in [2.45, 2.75) is 6.42 Å². The van der Waals surface area contributed by atoms with Crippen molar-refractivity contribution in [2.75, 3.05) is 0 Å². The van der Waals surface area contributed by atoms with Gasteiger partial charge in [0.2, 0.25) is 0 Å². The molecule has 0 aromatic carbocycles. The van der Waals surface area contributed by atoms with Crippen molar-refractivity contribution in [1.82, 2.24) is 9.97 Å². The molecule has 3 rings (SSSR count). The third-order valence-electron chi connectivity index (χ3n) is 2.50. The van der Waals surface area contributed by atoms with Gasteiger partial charge in [0.1, 0.15) is 0 Å². The van der Waals surface area contributed by atoms with Gasteiger partial charge in [0.25, 0.3) is 0 Å². The zero-order valence-corrected chi connectivity index (χ0v) is 10.7. The summed E-state index contributed by atoms with van der Waals surface area (Å²) in [7, 11) is 0. The largest absolute Gasteiger partial charge is 0.255 e. The van der Waals surface area contributed by atoms with Crippen LogP contribution in [0.5, 0.6) is 0 Å². The molecule has 3 aromatic rings. The minimum absolute atomic E-state index is 0.888. The number of thiazole rings is 1. The fourth-order valence-electron chi connectivity index (χ4n) is 1.72. The average molecular weight is 258 g/mol. The van der Waals surface area contributed by atoms with E-state index in [2.05, 4.69) is 32.9 Å². The number of pyridine rings is 1. The van der Waals surface area contributed by atoms with Gasteiger partial charge in [-0.3, -0.25) is 4.98 Å². The van der Waals surface area contributed by atoms with E-state index in [9.17, 15) is 0 Å². The Morgan fingerprint density at radius 1 is 1.12 bits per heavy atom. The summed E-state index contributed by atoms with van der Waals surface area (Å²) in [5.41, 5.74) is 5.36. The summed E-state index contributed by atoms with van der Waals surface area (Å²) in [6.07, 6.45) is 2.72. The number of hydrogen-bond donors (Lipinski definition) is 0. The van der Waals surface area contributed by atoms with Gasteiger partial charge in [0.05, 0.1) is 21.8 Å². The Morgan fingerprint density at radius 3 is 2.88 bits per heavy atom. The maximum absolute atomic E-state index is 4.40. The topological polar surface area (TPSA) is 25.8 Å². The van der Waals surface area contributed by atoms with E-state index in [1.807, 2.05) is 23.8 Å². The summed E-state index contributed by atoms with van der Waals surface area (Å²) >= 11 is 3.38. The second-order valence-corrected chi connectivity index (χ2v) is 5.28. The number of thiophene rings is 1. The van der Waals surface area contributed by atoms with Gasteiger partial charge in [-0.05, 0) is 29.1 Å². The molecular weight excluding hydrogens is 248 g/mol. The second kappa shape index (κ2) is 4.77. The first-order valence-electron chi connectivity index (χ1n) is 5.28. The molecule has 2 nitrogen and oxygen atoms in total. The highest BCUT2D eigenvalue weighted by Gasteiger charge is 2.09. The number of hydrogen-bond acceptors (Lipinski definition) is 4. The molecule has 0 aliphatic heterocycles. The first-order chi connectivity index (χ1) is 8.43. The van der Waals surface area contributed by atoms with E-state index in [1.54, 1.807) is 22.7 Å². The Morgan fingerprint density at radius 2 is 2.12 bits per heavy atom. The highest BCUT2D eigenvalue weighted by molar-refractivity contribution is 7.13. The third kappa shape index (κ3) is 2.28. The number of rotatable bonds is 3. The molecule has 0 radical (unpaired) electrons. The average Bonchev–Trinajstić information content (AvgIpc) is 3.02. The molecule has 0 aliphatic rings. The lowest BCUT2D eigenvalue weighted by Gasteiger charge is -2.01. The summed E-state index contributed by atoms with van der Waals surface area (Å²) < 4.78 is 0. The maximum atomic E-state index is 4.40. The number of nitrogens with zero attached hydrogens (tertiary/aromatic N) is 2. The monoisotopic (exact) mass is 258 g/mol. The minimum Gasteiger partial charge on any atom is -0.255 e. The molecule has 4 heteroatoms. The molecule has 17 heavy (non-hydrogen) atoms. The molecule has 0 fully saturated rings. The van der Waals surface area contributed by atoms with Gasteiger partial charge in [-0.15, -0.1) is 22.7 Å². The summed E-state index contributed by atoms with van der Waals surface area (Å²) in [5.74, 6) is 0. The van der Waals surface area contributed by atoms with E-state index >= 15 is 0 Å². The van der Waals surface area contributed by atoms with Gasteiger partial charge < -0.3 is 0 Å². The third-order valence-corrected chi connectivity index (χ3v) is 4.11. The first kappa shape index (κ1) is 10.6. The summed E-state index contributed by atoms with van der Waals surface area (Å²) in [4.78, 5) is 9.98. The lowest BCUT2D eigenvalue weighted by atomic mass is 10.1. The fraction of sp³-hybridized carbons (Fsp3) is 0.0769. The lowest BCUT2D eigenvalue weighted by Crippen LogP contribution is -1.89. The molecule has 0 amide bonds. The zero-order valence-electron chi connectivity index (χ0n) is 9.04. The molecule has 3 heterocycles. The Hall–Kier alpha value is -1.52. The van der Waals surface area contributed by atoms with E-state index in [4.69, 9.17) is 0 Å². The van der Waals surface area contributed by atoms with Crippen LogP contribution >= 0.6 is 22.7 Å². The van der Waals surface area contributed by atoms with Crippen LogP contribution in [0.4, 0.5) is 0 Å². The van der Waals surface area contributed by atoms with Crippen LogP contribution in [0.3, 0.4) is 0 Å². The van der Waals surface area contributed by atoms with E-state index in [0.717, 1.165) is 17.8 Å². The fourth-order valence-corrected chi connectivity index (χ4v) is 3.18. The van der Waals surface area contributed by atoms with Crippen molar-refractivity contribution in [1.29, 1.82) is 0 Å². The predicted molar refractivity (Wildman–Crippen MR) is 72.5 cm³/mol. The predicted octanol–water partition coefficient (Wildman–Crippen LogP) is 3.86. The van der Waals surface area contributed by atoms with Gasteiger partial charge in [0, 0.05) is 18.0 Å². The summed E-state index contributed by atoms with van der Waals surface area (Å²) in [6, 6.07) is 8.18. The zero-order chi connectivity index (χ0) is 11.5. The Bertz CT molecular complexity index is 585. The van der Waals surface area contributed by atoms with Crippen molar-refractivity contribution >= 4 is 22.7 Å². The van der Waals surface area contributed by atoms with Gasteiger partial charge >= 0.3 is 0 Å². The van der Waals surface area contributed by atoms with E-state index in [-0.39, 0.29) is 0 Å². The van der Waals surface area contributed by atoms with Gasteiger partial charge in [-0.25, -0.2) is 4.98 Å². The first-order valence-corrected chi connectivity index (χ1v) is 7.10. The Kier molecular flexibility index (Phi) is 2.98. The van der Waals surface area contributed by atoms with Crippen molar-refractivity contribution < 1.29 is 0 Å². The lowest BCUT2D eigenvalue weighted by molar-refractivity contribution is 1.11. The van der Waals surface area contributed by atoms with Crippen LogP contribution in [0, 0.1) is 0 Å². The molecule has 3 aromatic heterocycles. The standard InChI is InChI=1S/C13H10N2S2/c1-2-5-14-12(3-1)13-10(4-6-17-13)7-11-8-16-9-15-11/h1-6,8-9H,7H2. The van der Waals surface area contributed by atoms with E-state index < -0.39 is 0 Å². The van der Waals surface area contributed by atoms with E-state index in [1.165, 1.54) is 10.4 Å². The smallest absolute Gasteiger partial charge is 0.0804 e. The van der Waals surface area contributed by atoms with Crippen molar-refractivity contribution in [3.63, 3.8) is 0 Å². The van der Waals surface area contributed by atoms with Crippen molar-refractivity contribution in [2.24, 2.45) is 0 Å². The molecule has 0 bridgehead atoms. The van der Waals surface area contributed by atoms with Crippen LogP contribution in [-0.4, -0.2) is 9.97 Å². The van der Waals surface area contributed by atoms with Crippen molar-refractivity contribution in [3.05, 3.63) is 58.0 Å². The van der Waals surface area contributed by atoms with E-state index in [0.29, 0.717) is 0 Å². The Labute approximate surface area is 108 Å². The SMILES string of the molecule is c1ccc(-c2sccc2Cc2cscn2)nc1. The molecule has 84 valence electrons. The minimum atomic E-state index is 0.888. The van der Waals surface area contributed by atoms with Gasteiger partial charge in [-0.1, -0.05) is 6.07 Å². The Balaban J connectivity index is 1.95. The molecule has 0 aliphatic carbocycles. The quantitative estimate of drug-likeness (QED) is 0.713. The highest BCUT2D eigenvalue weighted by atomic mass is 32.1. The van der Waals surface area contributed by atoms with Gasteiger partial charge in [-0.2, -0.15) is 0 Å². The van der Waals surface area contributed by atoms with Crippen LogP contribution in [0.25, 0.3) is 10.6 Å². The molecule has 0 spiro atoms. The summed E-state index contributed by atoms with van der Waals surface area (Å²) in [6.45, 7) is 0. The molecule has 0 saturated heterocycles. The number of aromatic nitrogens is 2. The second-order valence-electron chi connectivity index (χ2n) is 3.65. The summed E-state index contributed by atoms with van der Waals surface area (Å²) in [5, 5.41) is 4.21. The molecule has 0 atom stereocenters. The van der Waals surface area contributed by atoms with Crippen LogP contribution in [0.2, 0.25) is 0 Å². The molecule has 0 unspecified atom stereocenters. The van der Waals surface area contributed by atoms with Crippen LogP contribution in [0.1, 0.15) is 11.3 Å². The maximum Gasteiger partial charge on any atom is 0.0804 e. The van der Waals surface area contributed by atoms with Crippen molar-refractivity contribution in [3.8, 4) is 10.6 Å². The molecule has 0 N–H and O–H groups in total. The van der Waals surface area contributed by atoms with Crippen LogP contribution in [-0.2, 0) is 6.42 Å². The normalized spacial score (nSPS) is 10.6.